The number of ketones is 1. The average molecular weight is 266 g/mol. The van der Waals surface area contributed by atoms with E-state index >= 15 is 0 Å². The van der Waals surface area contributed by atoms with E-state index in [2.05, 4.69) is 6.92 Å². The maximum Gasteiger partial charge on any atom is 0.309 e. The number of hydrogen-bond acceptors (Lipinski definition) is 3. The number of carbonyl (C=O) groups is 2. The van der Waals surface area contributed by atoms with E-state index in [1.54, 1.807) is 0 Å². The van der Waals surface area contributed by atoms with Gasteiger partial charge in [-0.3, -0.25) is 9.59 Å². The molecule has 19 heavy (non-hydrogen) atoms. The Kier molecular flexibility index (Phi) is 3.76. The summed E-state index contributed by atoms with van der Waals surface area (Å²) in [5.41, 5.74) is -0.185. The Hall–Kier alpha value is -0.860. The van der Waals surface area contributed by atoms with E-state index in [4.69, 9.17) is 4.74 Å². The Bertz CT molecular complexity index is 370. The van der Waals surface area contributed by atoms with Crippen LogP contribution in [0.5, 0.6) is 0 Å². The van der Waals surface area contributed by atoms with Crippen molar-refractivity contribution in [1.29, 1.82) is 0 Å². The first kappa shape index (κ1) is 14.5. The predicted octanol–water partition coefficient (Wildman–Crippen LogP) is 3.50. The van der Waals surface area contributed by atoms with Gasteiger partial charge in [0.25, 0.3) is 0 Å². The average Bonchev–Trinajstić information content (AvgIpc) is 2.36. The van der Waals surface area contributed by atoms with Crippen LogP contribution in [-0.2, 0) is 14.3 Å². The highest BCUT2D eigenvalue weighted by molar-refractivity contribution is 5.86. The van der Waals surface area contributed by atoms with Gasteiger partial charge >= 0.3 is 5.97 Å². The summed E-state index contributed by atoms with van der Waals surface area (Å²) in [5, 5.41) is 0. The van der Waals surface area contributed by atoms with Gasteiger partial charge in [0.2, 0.25) is 0 Å². The third-order valence-electron chi connectivity index (χ3n) is 4.66. The molecular formula is C16H26O3. The number of carbonyl (C=O) groups excluding carboxylic acids is 2. The van der Waals surface area contributed by atoms with Gasteiger partial charge in [-0.2, -0.15) is 0 Å². The summed E-state index contributed by atoms with van der Waals surface area (Å²) in [4.78, 5) is 23.5. The van der Waals surface area contributed by atoms with Crippen molar-refractivity contribution in [1.82, 2.24) is 0 Å². The van der Waals surface area contributed by atoms with Crippen molar-refractivity contribution in [2.24, 2.45) is 17.3 Å². The van der Waals surface area contributed by atoms with Gasteiger partial charge in [0.1, 0.15) is 11.4 Å². The fourth-order valence-corrected chi connectivity index (χ4v) is 3.47. The van der Waals surface area contributed by atoms with Crippen molar-refractivity contribution in [3.63, 3.8) is 0 Å². The first-order valence-electron chi connectivity index (χ1n) is 7.45. The molecule has 3 nitrogen and oxygen atoms in total. The first-order chi connectivity index (χ1) is 8.71. The van der Waals surface area contributed by atoms with Crippen molar-refractivity contribution in [3.8, 4) is 0 Å². The number of hydrogen-bond donors (Lipinski definition) is 0. The molecule has 108 valence electrons. The first-order valence-corrected chi connectivity index (χ1v) is 7.45. The molecule has 0 saturated heterocycles. The van der Waals surface area contributed by atoms with Crippen molar-refractivity contribution in [2.45, 2.75) is 71.8 Å². The summed E-state index contributed by atoms with van der Waals surface area (Å²) in [6.07, 6.45) is 5.49. The molecule has 2 unspecified atom stereocenters. The van der Waals surface area contributed by atoms with Crippen LogP contribution >= 0.6 is 0 Å². The van der Waals surface area contributed by atoms with E-state index in [-0.39, 0.29) is 17.3 Å². The molecular weight excluding hydrogens is 240 g/mol. The molecule has 0 aromatic heterocycles. The number of Topliss-reactive ketones (excluding diaryl/α,β-unsaturated/α-hetero) is 1. The Morgan fingerprint density at radius 2 is 1.79 bits per heavy atom. The van der Waals surface area contributed by atoms with E-state index in [1.807, 2.05) is 20.8 Å². The SMILES string of the molecule is CC1CCC2(CCC1C(=O)OC(C)(C)C)CC(=O)C2. The minimum atomic E-state index is -0.409. The summed E-state index contributed by atoms with van der Waals surface area (Å²) in [6, 6.07) is 0. The van der Waals surface area contributed by atoms with Gasteiger partial charge in [-0.15, -0.1) is 0 Å². The molecule has 0 aromatic carbocycles. The summed E-state index contributed by atoms with van der Waals surface area (Å²) >= 11 is 0. The largest absolute Gasteiger partial charge is 0.460 e. The zero-order valence-electron chi connectivity index (χ0n) is 12.6. The second-order valence-corrected chi connectivity index (χ2v) is 7.59. The van der Waals surface area contributed by atoms with Crippen LogP contribution < -0.4 is 0 Å². The Morgan fingerprint density at radius 3 is 2.32 bits per heavy atom. The molecule has 2 atom stereocenters. The molecule has 0 aliphatic heterocycles. The lowest BCUT2D eigenvalue weighted by Gasteiger charge is -2.40. The van der Waals surface area contributed by atoms with Gasteiger partial charge < -0.3 is 4.74 Å². The third-order valence-corrected chi connectivity index (χ3v) is 4.66. The second-order valence-electron chi connectivity index (χ2n) is 7.59. The lowest BCUT2D eigenvalue weighted by molar-refractivity contribution is -0.162. The molecule has 2 fully saturated rings. The molecule has 2 rings (SSSR count). The Labute approximate surface area is 116 Å². The highest BCUT2D eigenvalue weighted by Gasteiger charge is 2.46. The van der Waals surface area contributed by atoms with Crippen LogP contribution in [0.4, 0.5) is 0 Å². The van der Waals surface area contributed by atoms with Crippen molar-refractivity contribution >= 4 is 11.8 Å². The van der Waals surface area contributed by atoms with Crippen LogP contribution in [0, 0.1) is 17.3 Å². The van der Waals surface area contributed by atoms with E-state index in [0.29, 0.717) is 11.7 Å². The maximum atomic E-state index is 12.3. The monoisotopic (exact) mass is 266 g/mol. The molecule has 2 saturated carbocycles. The molecule has 0 bridgehead atoms. The standard InChI is InChI=1S/C16H26O3/c1-11-5-7-16(9-12(17)10-16)8-6-13(11)14(18)19-15(2,3)4/h11,13H,5-10H2,1-4H3. The van der Waals surface area contributed by atoms with Crippen LogP contribution in [0.1, 0.15) is 66.2 Å². The van der Waals surface area contributed by atoms with Crippen LogP contribution in [0.2, 0.25) is 0 Å². The zero-order chi connectivity index (χ0) is 14.3. The fraction of sp³-hybridized carbons (Fsp3) is 0.875. The van der Waals surface area contributed by atoms with E-state index in [0.717, 1.165) is 38.5 Å². The Balaban J connectivity index is 1.98. The molecule has 0 radical (unpaired) electrons. The molecule has 2 aliphatic carbocycles. The molecule has 0 amide bonds. The van der Waals surface area contributed by atoms with Crippen LogP contribution in [-0.4, -0.2) is 17.4 Å². The van der Waals surface area contributed by atoms with Gasteiger partial charge in [0.15, 0.2) is 0 Å². The minimum Gasteiger partial charge on any atom is -0.460 e. The normalized spacial score (nSPS) is 30.6. The minimum absolute atomic E-state index is 0.00861. The molecule has 0 aromatic rings. The highest BCUT2D eigenvalue weighted by Crippen LogP contribution is 2.50. The van der Waals surface area contributed by atoms with E-state index in [9.17, 15) is 9.59 Å². The van der Waals surface area contributed by atoms with Gasteiger partial charge in [0.05, 0.1) is 5.92 Å². The number of esters is 1. The van der Waals surface area contributed by atoms with E-state index in [1.165, 1.54) is 0 Å². The van der Waals surface area contributed by atoms with Gasteiger partial charge in [-0.05, 0) is 57.8 Å². The summed E-state index contributed by atoms with van der Waals surface area (Å²) in [6.45, 7) is 7.89. The smallest absolute Gasteiger partial charge is 0.309 e. The molecule has 0 N–H and O–H groups in total. The molecule has 1 spiro atoms. The van der Waals surface area contributed by atoms with Gasteiger partial charge in [-0.25, -0.2) is 0 Å². The van der Waals surface area contributed by atoms with Gasteiger partial charge in [0, 0.05) is 12.8 Å². The lowest BCUT2D eigenvalue weighted by atomic mass is 9.63. The maximum absolute atomic E-state index is 12.3. The number of ether oxygens (including phenoxy) is 1. The summed E-state index contributed by atoms with van der Waals surface area (Å²) in [7, 11) is 0. The summed E-state index contributed by atoms with van der Waals surface area (Å²) in [5.74, 6) is 0.713. The summed E-state index contributed by atoms with van der Waals surface area (Å²) < 4.78 is 5.54. The molecule has 3 heteroatoms. The van der Waals surface area contributed by atoms with Crippen molar-refractivity contribution in [3.05, 3.63) is 0 Å². The quantitative estimate of drug-likeness (QED) is 0.682. The topological polar surface area (TPSA) is 43.4 Å². The highest BCUT2D eigenvalue weighted by atomic mass is 16.6. The predicted molar refractivity (Wildman–Crippen MR) is 73.6 cm³/mol. The Morgan fingerprint density at radius 1 is 1.21 bits per heavy atom. The second kappa shape index (κ2) is 4.92. The third kappa shape index (κ3) is 3.37. The molecule has 0 heterocycles. The lowest BCUT2D eigenvalue weighted by Crippen LogP contribution is -2.37. The van der Waals surface area contributed by atoms with Crippen molar-refractivity contribution < 1.29 is 14.3 Å². The van der Waals surface area contributed by atoms with Crippen LogP contribution in [0.25, 0.3) is 0 Å². The fourth-order valence-electron chi connectivity index (χ4n) is 3.47. The zero-order valence-corrected chi connectivity index (χ0v) is 12.6. The molecule has 2 aliphatic rings. The van der Waals surface area contributed by atoms with Crippen LogP contribution in [0.3, 0.4) is 0 Å². The van der Waals surface area contributed by atoms with E-state index < -0.39 is 5.60 Å². The van der Waals surface area contributed by atoms with Crippen LogP contribution in [0.15, 0.2) is 0 Å². The van der Waals surface area contributed by atoms with Gasteiger partial charge in [-0.1, -0.05) is 6.92 Å². The number of rotatable bonds is 1. The van der Waals surface area contributed by atoms with Crippen molar-refractivity contribution in [2.75, 3.05) is 0 Å².